The molecule has 1 aromatic carbocycles. The van der Waals surface area contributed by atoms with Gasteiger partial charge in [-0.25, -0.2) is 9.97 Å². The Morgan fingerprint density at radius 1 is 0.882 bits per heavy atom. The molecule has 3 rings (SSSR count). The zero-order valence-electron chi connectivity index (χ0n) is 9.04. The molecule has 0 aliphatic rings. The van der Waals surface area contributed by atoms with Gasteiger partial charge in [0.1, 0.15) is 5.82 Å². The van der Waals surface area contributed by atoms with Crippen LogP contribution >= 0.6 is 0 Å². The van der Waals surface area contributed by atoms with Gasteiger partial charge < -0.3 is 5.73 Å². The zero-order valence-corrected chi connectivity index (χ0v) is 9.04. The molecule has 0 radical (unpaired) electrons. The average Bonchev–Trinajstić information content (AvgIpc) is 2.38. The molecule has 0 saturated heterocycles. The number of para-hydroxylation sites is 1. The van der Waals surface area contributed by atoms with Crippen LogP contribution in [0.4, 0.5) is 5.82 Å². The van der Waals surface area contributed by atoms with Crippen molar-refractivity contribution in [3.63, 3.8) is 0 Å². The number of fused-ring (bicyclic) bond motifs is 1. The lowest BCUT2D eigenvalue weighted by atomic mass is 10.1. The van der Waals surface area contributed by atoms with Crippen molar-refractivity contribution in [1.82, 2.24) is 15.0 Å². The lowest BCUT2D eigenvalue weighted by Crippen LogP contribution is -1.95. The number of hydrogen-bond donors (Lipinski definition) is 1. The highest BCUT2D eigenvalue weighted by Crippen LogP contribution is 2.24. The Morgan fingerprint density at radius 3 is 2.65 bits per heavy atom. The van der Waals surface area contributed by atoms with Crippen molar-refractivity contribution in [2.24, 2.45) is 0 Å². The summed E-state index contributed by atoms with van der Waals surface area (Å²) in [5.41, 5.74) is 7.46. The fourth-order valence-electron chi connectivity index (χ4n) is 1.79. The fraction of sp³-hybridized carbons (Fsp3) is 0. The molecule has 17 heavy (non-hydrogen) atoms. The van der Waals surface area contributed by atoms with E-state index in [0.717, 1.165) is 16.5 Å². The Balaban J connectivity index is 2.30. The van der Waals surface area contributed by atoms with Gasteiger partial charge in [-0.1, -0.05) is 18.2 Å². The van der Waals surface area contributed by atoms with Gasteiger partial charge in [0.2, 0.25) is 0 Å². The fourth-order valence-corrected chi connectivity index (χ4v) is 1.79. The van der Waals surface area contributed by atoms with Crippen LogP contribution in [0.25, 0.3) is 22.3 Å². The quantitative estimate of drug-likeness (QED) is 0.686. The number of rotatable bonds is 1. The lowest BCUT2D eigenvalue weighted by molar-refractivity contribution is 1.18. The first-order chi connectivity index (χ1) is 8.34. The van der Waals surface area contributed by atoms with Gasteiger partial charge in [0.05, 0.1) is 5.52 Å². The number of pyridine rings is 1. The van der Waals surface area contributed by atoms with Crippen LogP contribution in [-0.4, -0.2) is 15.0 Å². The number of benzene rings is 1. The van der Waals surface area contributed by atoms with Crippen molar-refractivity contribution in [3.8, 4) is 11.4 Å². The van der Waals surface area contributed by atoms with Crippen LogP contribution in [0.2, 0.25) is 0 Å². The van der Waals surface area contributed by atoms with Crippen LogP contribution < -0.4 is 5.73 Å². The Labute approximate surface area is 98.2 Å². The molecule has 0 fully saturated rings. The van der Waals surface area contributed by atoms with E-state index < -0.39 is 0 Å². The van der Waals surface area contributed by atoms with E-state index in [4.69, 9.17) is 5.73 Å². The van der Waals surface area contributed by atoms with E-state index in [2.05, 4.69) is 15.0 Å². The van der Waals surface area contributed by atoms with Crippen molar-refractivity contribution in [3.05, 3.63) is 48.8 Å². The van der Waals surface area contributed by atoms with Gasteiger partial charge in [-0.2, -0.15) is 0 Å². The predicted octanol–water partition coefficient (Wildman–Crippen LogP) is 2.27. The third-order valence-electron chi connectivity index (χ3n) is 2.55. The predicted molar refractivity (Wildman–Crippen MR) is 67.2 cm³/mol. The first kappa shape index (κ1) is 9.72. The molecule has 0 aliphatic carbocycles. The molecule has 0 unspecified atom stereocenters. The van der Waals surface area contributed by atoms with Crippen LogP contribution in [0.3, 0.4) is 0 Å². The highest BCUT2D eigenvalue weighted by atomic mass is 14.9. The minimum Gasteiger partial charge on any atom is -0.384 e. The topological polar surface area (TPSA) is 64.7 Å². The van der Waals surface area contributed by atoms with Crippen molar-refractivity contribution >= 4 is 16.7 Å². The van der Waals surface area contributed by atoms with Gasteiger partial charge in [0, 0.05) is 23.3 Å². The molecule has 0 bridgehead atoms. The van der Waals surface area contributed by atoms with E-state index in [1.54, 1.807) is 18.5 Å². The summed E-state index contributed by atoms with van der Waals surface area (Å²) in [4.78, 5) is 12.8. The van der Waals surface area contributed by atoms with Gasteiger partial charge in [-0.15, -0.1) is 0 Å². The van der Waals surface area contributed by atoms with Crippen LogP contribution in [0.15, 0.2) is 48.8 Å². The van der Waals surface area contributed by atoms with Gasteiger partial charge >= 0.3 is 0 Å². The second kappa shape index (κ2) is 3.83. The van der Waals surface area contributed by atoms with Gasteiger partial charge in [0.15, 0.2) is 5.82 Å². The van der Waals surface area contributed by atoms with Crippen molar-refractivity contribution in [2.75, 3.05) is 5.73 Å². The lowest BCUT2D eigenvalue weighted by Gasteiger charge is -2.04. The van der Waals surface area contributed by atoms with E-state index in [0.29, 0.717) is 11.6 Å². The molecule has 0 saturated carbocycles. The third-order valence-corrected chi connectivity index (χ3v) is 2.55. The summed E-state index contributed by atoms with van der Waals surface area (Å²) < 4.78 is 0. The third kappa shape index (κ3) is 1.69. The Kier molecular flexibility index (Phi) is 2.19. The molecular weight excluding hydrogens is 212 g/mol. The summed E-state index contributed by atoms with van der Waals surface area (Å²) in [7, 11) is 0. The molecule has 3 aromatic rings. The number of anilines is 1. The van der Waals surface area contributed by atoms with Crippen molar-refractivity contribution in [1.29, 1.82) is 0 Å². The van der Waals surface area contributed by atoms with E-state index >= 15 is 0 Å². The minimum atomic E-state index is 0.461. The largest absolute Gasteiger partial charge is 0.384 e. The summed E-state index contributed by atoms with van der Waals surface area (Å²) in [6, 6.07) is 11.5. The van der Waals surface area contributed by atoms with Crippen LogP contribution in [0, 0.1) is 0 Å². The molecule has 4 heteroatoms. The van der Waals surface area contributed by atoms with Crippen LogP contribution in [0.5, 0.6) is 0 Å². The van der Waals surface area contributed by atoms with Crippen molar-refractivity contribution in [2.45, 2.75) is 0 Å². The van der Waals surface area contributed by atoms with E-state index in [1.807, 2.05) is 30.3 Å². The van der Waals surface area contributed by atoms with Crippen molar-refractivity contribution < 1.29 is 0 Å². The maximum Gasteiger partial charge on any atom is 0.163 e. The zero-order chi connectivity index (χ0) is 11.7. The van der Waals surface area contributed by atoms with Gasteiger partial charge in [-0.05, 0) is 18.2 Å². The molecular formula is C13H10N4. The SMILES string of the molecule is Nc1ccnc(-c2cccc3cccnc23)n1. The highest BCUT2D eigenvalue weighted by molar-refractivity contribution is 5.91. The summed E-state index contributed by atoms with van der Waals surface area (Å²) in [5.74, 6) is 1.07. The Morgan fingerprint density at radius 2 is 1.76 bits per heavy atom. The summed E-state index contributed by atoms with van der Waals surface area (Å²) in [6.45, 7) is 0. The molecule has 4 nitrogen and oxygen atoms in total. The number of hydrogen-bond acceptors (Lipinski definition) is 4. The molecule has 82 valence electrons. The second-order valence-corrected chi connectivity index (χ2v) is 3.69. The van der Waals surface area contributed by atoms with Gasteiger partial charge in [-0.3, -0.25) is 4.98 Å². The monoisotopic (exact) mass is 222 g/mol. The second-order valence-electron chi connectivity index (χ2n) is 3.69. The molecule has 0 spiro atoms. The standard InChI is InChI=1S/C13H10N4/c14-11-6-8-16-13(17-11)10-5-1-3-9-4-2-7-15-12(9)10/h1-8H,(H2,14,16,17). The molecule has 2 heterocycles. The number of nitrogens with zero attached hydrogens (tertiary/aromatic N) is 3. The van der Waals surface area contributed by atoms with Crippen LogP contribution in [-0.2, 0) is 0 Å². The summed E-state index contributed by atoms with van der Waals surface area (Å²) in [6.07, 6.45) is 3.41. The first-order valence-corrected chi connectivity index (χ1v) is 5.27. The van der Waals surface area contributed by atoms with E-state index in [9.17, 15) is 0 Å². The van der Waals surface area contributed by atoms with E-state index in [1.165, 1.54) is 0 Å². The molecule has 0 atom stereocenters. The van der Waals surface area contributed by atoms with E-state index in [-0.39, 0.29) is 0 Å². The highest BCUT2D eigenvalue weighted by Gasteiger charge is 2.06. The number of aromatic nitrogens is 3. The maximum atomic E-state index is 5.67. The maximum absolute atomic E-state index is 5.67. The van der Waals surface area contributed by atoms with Crippen LogP contribution in [0.1, 0.15) is 0 Å². The summed E-state index contributed by atoms with van der Waals surface area (Å²) >= 11 is 0. The first-order valence-electron chi connectivity index (χ1n) is 5.27. The smallest absolute Gasteiger partial charge is 0.163 e. The molecule has 0 aliphatic heterocycles. The molecule has 0 amide bonds. The average molecular weight is 222 g/mol. The molecule has 2 aromatic heterocycles. The minimum absolute atomic E-state index is 0.461. The Hall–Kier alpha value is -2.49. The summed E-state index contributed by atoms with van der Waals surface area (Å²) in [5, 5.41) is 1.07. The number of nitrogen functional groups attached to an aromatic ring is 1. The normalized spacial score (nSPS) is 10.6. The number of nitrogens with two attached hydrogens (primary N) is 1. The van der Waals surface area contributed by atoms with Gasteiger partial charge in [0.25, 0.3) is 0 Å². The Bertz CT molecular complexity index is 674. The molecule has 2 N–H and O–H groups in total.